The molecule has 3 rings (SSSR count). The van der Waals surface area contributed by atoms with Gasteiger partial charge in [0, 0.05) is 13.0 Å². The molecule has 1 N–H and O–H groups in total. The van der Waals surface area contributed by atoms with Gasteiger partial charge in [0.2, 0.25) is 0 Å². The highest BCUT2D eigenvalue weighted by Gasteiger charge is 2.21. The Bertz CT molecular complexity index is 373. The Morgan fingerprint density at radius 3 is 2.84 bits per heavy atom. The number of benzene rings is 1. The first-order valence-electron chi connectivity index (χ1n) is 7.87. The number of ether oxygens (including phenoxy) is 1. The molecule has 19 heavy (non-hydrogen) atoms. The summed E-state index contributed by atoms with van der Waals surface area (Å²) in [7, 11) is 0. The number of para-hydroxylation sites is 1. The summed E-state index contributed by atoms with van der Waals surface area (Å²) in [5.74, 6) is 2.11. The number of hydrogen-bond acceptors (Lipinski definition) is 2. The van der Waals surface area contributed by atoms with Gasteiger partial charge in [0.1, 0.15) is 11.9 Å². The van der Waals surface area contributed by atoms with E-state index in [0.29, 0.717) is 6.10 Å². The van der Waals surface area contributed by atoms with Gasteiger partial charge in [-0.1, -0.05) is 43.9 Å². The van der Waals surface area contributed by atoms with Gasteiger partial charge < -0.3 is 10.1 Å². The van der Waals surface area contributed by atoms with Crippen LogP contribution in [0.1, 0.15) is 44.1 Å². The molecule has 0 amide bonds. The van der Waals surface area contributed by atoms with Crippen LogP contribution in [0, 0.1) is 5.92 Å². The van der Waals surface area contributed by atoms with Crippen molar-refractivity contribution in [3.05, 3.63) is 29.8 Å². The normalized spacial score (nSPS) is 22.4. The summed E-state index contributed by atoms with van der Waals surface area (Å²) in [6.45, 7) is 2.13. The van der Waals surface area contributed by atoms with Gasteiger partial charge in [0.05, 0.1) is 0 Å². The Morgan fingerprint density at radius 2 is 2.00 bits per heavy atom. The molecule has 2 nitrogen and oxygen atoms in total. The fourth-order valence-corrected chi connectivity index (χ4v) is 3.45. The molecule has 1 aromatic rings. The molecule has 2 aliphatic rings. The Morgan fingerprint density at radius 1 is 1.16 bits per heavy atom. The molecule has 1 heterocycles. The largest absolute Gasteiger partial charge is 0.488 e. The third kappa shape index (κ3) is 3.50. The maximum atomic E-state index is 5.92. The highest BCUT2D eigenvalue weighted by molar-refractivity contribution is 5.37. The summed E-state index contributed by atoms with van der Waals surface area (Å²) in [5.41, 5.74) is 1.36. The number of hydrogen-bond donors (Lipinski definition) is 1. The lowest BCUT2D eigenvalue weighted by atomic mass is 10.0. The molecule has 104 valence electrons. The van der Waals surface area contributed by atoms with Crippen LogP contribution >= 0.6 is 0 Å². The van der Waals surface area contributed by atoms with Gasteiger partial charge >= 0.3 is 0 Å². The smallest absolute Gasteiger partial charge is 0.123 e. The second kappa shape index (κ2) is 6.42. The number of fused-ring (bicyclic) bond motifs is 1. The van der Waals surface area contributed by atoms with Crippen molar-refractivity contribution in [3.63, 3.8) is 0 Å². The maximum Gasteiger partial charge on any atom is 0.123 e. The van der Waals surface area contributed by atoms with Crippen LogP contribution in [0.4, 0.5) is 0 Å². The first kappa shape index (κ1) is 13.0. The zero-order valence-corrected chi connectivity index (χ0v) is 11.7. The van der Waals surface area contributed by atoms with Crippen molar-refractivity contribution in [2.45, 2.75) is 51.0 Å². The van der Waals surface area contributed by atoms with E-state index in [1.54, 1.807) is 0 Å². The van der Waals surface area contributed by atoms with Crippen LogP contribution in [0.5, 0.6) is 5.75 Å². The SMILES string of the molecule is c1ccc2c(c1)CC(CNCCCC1CCCC1)O2. The van der Waals surface area contributed by atoms with Gasteiger partial charge in [-0.15, -0.1) is 0 Å². The van der Waals surface area contributed by atoms with Crippen molar-refractivity contribution in [1.29, 1.82) is 0 Å². The van der Waals surface area contributed by atoms with E-state index in [1.165, 1.54) is 44.1 Å². The van der Waals surface area contributed by atoms with Gasteiger partial charge in [-0.05, 0) is 36.9 Å². The topological polar surface area (TPSA) is 21.3 Å². The summed E-state index contributed by atoms with van der Waals surface area (Å²) in [4.78, 5) is 0. The van der Waals surface area contributed by atoms with E-state index < -0.39 is 0 Å². The van der Waals surface area contributed by atoms with Crippen LogP contribution in [-0.4, -0.2) is 19.2 Å². The van der Waals surface area contributed by atoms with E-state index in [1.807, 2.05) is 0 Å². The van der Waals surface area contributed by atoms with Crippen molar-refractivity contribution in [2.24, 2.45) is 5.92 Å². The molecular formula is C17H25NO. The van der Waals surface area contributed by atoms with E-state index in [9.17, 15) is 0 Å². The molecule has 1 atom stereocenters. The fourth-order valence-electron chi connectivity index (χ4n) is 3.45. The first-order chi connectivity index (χ1) is 9.42. The molecule has 1 unspecified atom stereocenters. The van der Waals surface area contributed by atoms with E-state index in [2.05, 4.69) is 29.6 Å². The van der Waals surface area contributed by atoms with Crippen molar-refractivity contribution in [1.82, 2.24) is 5.32 Å². The third-order valence-corrected chi connectivity index (χ3v) is 4.53. The number of rotatable bonds is 6. The minimum Gasteiger partial charge on any atom is -0.488 e. The molecule has 1 aliphatic carbocycles. The van der Waals surface area contributed by atoms with Crippen LogP contribution < -0.4 is 10.1 Å². The molecule has 0 aromatic heterocycles. The van der Waals surface area contributed by atoms with Crippen LogP contribution in [0.2, 0.25) is 0 Å². The van der Waals surface area contributed by atoms with Crippen LogP contribution in [0.15, 0.2) is 24.3 Å². The lowest BCUT2D eigenvalue weighted by Gasteiger charge is -2.13. The minimum absolute atomic E-state index is 0.337. The molecule has 2 heteroatoms. The van der Waals surface area contributed by atoms with Gasteiger partial charge in [-0.25, -0.2) is 0 Å². The molecule has 0 saturated heterocycles. The molecule has 1 saturated carbocycles. The quantitative estimate of drug-likeness (QED) is 0.789. The Hall–Kier alpha value is -1.02. The highest BCUT2D eigenvalue weighted by atomic mass is 16.5. The second-order valence-electron chi connectivity index (χ2n) is 6.05. The zero-order valence-electron chi connectivity index (χ0n) is 11.7. The molecule has 0 spiro atoms. The molecular weight excluding hydrogens is 234 g/mol. The monoisotopic (exact) mass is 259 g/mol. The molecule has 0 bridgehead atoms. The minimum atomic E-state index is 0.337. The second-order valence-corrected chi connectivity index (χ2v) is 6.05. The lowest BCUT2D eigenvalue weighted by molar-refractivity contribution is 0.227. The maximum absolute atomic E-state index is 5.92. The summed E-state index contributed by atoms with van der Waals surface area (Å²) < 4.78 is 5.92. The third-order valence-electron chi connectivity index (χ3n) is 4.53. The Balaban J connectivity index is 1.29. The van der Waals surface area contributed by atoms with Gasteiger partial charge in [0.15, 0.2) is 0 Å². The van der Waals surface area contributed by atoms with Gasteiger partial charge in [-0.3, -0.25) is 0 Å². The summed E-state index contributed by atoms with van der Waals surface area (Å²) in [5, 5.41) is 3.56. The number of nitrogens with one attached hydrogen (secondary N) is 1. The fraction of sp³-hybridized carbons (Fsp3) is 0.647. The summed E-state index contributed by atoms with van der Waals surface area (Å²) in [6, 6.07) is 8.40. The summed E-state index contributed by atoms with van der Waals surface area (Å²) >= 11 is 0. The molecule has 1 aliphatic heterocycles. The van der Waals surface area contributed by atoms with Gasteiger partial charge in [-0.2, -0.15) is 0 Å². The van der Waals surface area contributed by atoms with Crippen molar-refractivity contribution in [3.8, 4) is 5.75 Å². The van der Waals surface area contributed by atoms with Crippen molar-refractivity contribution < 1.29 is 4.74 Å². The van der Waals surface area contributed by atoms with Crippen molar-refractivity contribution >= 4 is 0 Å². The van der Waals surface area contributed by atoms with Crippen LogP contribution in [0.3, 0.4) is 0 Å². The van der Waals surface area contributed by atoms with Gasteiger partial charge in [0.25, 0.3) is 0 Å². The average Bonchev–Trinajstić information content (AvgIpc) is 3.06. The predicted molar refractivity (Wildman–Crippen MR) is 78.6 cm³/mol. The first-order valence-corrected chi connectivity index (χ1v) is 7.87. The Labute approximate surface area is 116 Å². The van der Waals surface area contributed by atoms with E-state index in [4.69, 9.17) is 4.74 Å². The zero-order chi connectivity index (χ0) is 12.9. The van der Waals surface area contributed by atoms with E-state index in [0.717, 1.165) is 31.2 Å². The van der Waals surface area contributed by atoms with E-state index >= 15 is 0 Å². The standard InChI is InChI=1S/C17H25NO/c1-2-7-14(6-1)8-5-11-18-13-16-12-15-9-3-4-10-17(15)19-16/h3-4,9-10,14,16,18H,1-2,5-8,11-13H2. The van der Waals surface area contributed by atoms with Crippen LogP contribution in [0.25, 0.3) is 0 Å². The van der Waals surface area contributed by atoms with Crippen LogP contribution in [-0.2, 0) is 6.42 Å². The molecule has 1 aromatic carbocycles. The Kier molecular flexibility index (Phi) is 4.39. The van der Waals surface area contributed by atoms with Crippen molar-refractivity contribution in [2.75, 3.05) is 13.1 Å². The van der Waals surface area contributed by atoms with E-state index in [-0.39, 0.29) is 0 Å². The highest BCUT2D eigenvalue weighted by Crippen LogP contribution is 2.29. The lowest BCUT2D eigenvalue weighted by Crippen LogP contribution is -2.30. The molecule has 0 radical (unpaired) electrons. The summed E-state index contributed by atoms with van der Waals surface area (Å²) in [6.07, 6.45) is 10.0. The predicted octanol–water partition coefficient (Wildman–Crippen LogP) is 3.55. The average molecular weight is 259 g/mol. The molecule has 1 fully saturated rings.